The molecule has 3 aromatic rings. The Hall–Kier alpha value is -5.70. The van der Waals surface area contributed by atoms with E-state index in [-0.39, 0.29) is 35.6 Å². The van der Waals surface area contributed by atoms with Gasteiger partial charge in [-0.2, -0.15) is 10.2 Å². The molecule has 1 fully saturated rings. The first kappa shape index (κ1) is 31.9. The molecule has 3 aromatic carbocycles. The number of hydrogen-bond donors (Lipinski definition) is 1. The fourth-order valence-electron chi connectivity index (χ4n) is 7.74. The lowest BCUT2D eigenvalue weighted by Crippen LogP contribution is -2.39. The number of nitrogens with zero attached hydrogens (tertiary/aromatic N) is 4. The van der Waals surface area contributed by atoms with E-state index in [0.29, 0.717) is 57.8 Å². The zero-order valence-corrected chi connectivity index (χ0v) is 27.6. The lowest BCUT2D eigenvalue weighted by atomic mass is 9.59. The molecule has 9 heteroatoms. The predicted molar refractivity (Wildman–Crippen MR) is 187 cm³/mol. The van der Waals surface area contributed by atoms with E-state index in [1.165, 1.54) is 11.0 Å². The topological polar surface area (TPSA) is 120 Å². The lowest BCUT2D eigenvalue weighted by Gasteiger charge is -2.42. The molecule has 0 aromatic heterocycles. The maximum atomic E-state index is 14.3. The Morgan fingerprint density at radius 2 is 1.59 bits per heavy atom. The molecular formula is C40H36N4O5. The average Bonchev–Trinajstić information content (AvgIpc) is 3.36. The van der Waals surface area contributed by atoms with Crippen molar-refractivity contribution in [2.75, 3.05) is 23.9 Å². The van der Waals surface area contributed by atoms with Crippen molar-refractivity contribution in [1.82, 2.24) is 0 Å². The van der Waals surface area contributed by atoms with Crippen LogP contribution in [0.3, 0.4) is 0 Å². The third-order valence-electron chi connectivity index (χ3n) is 10.1. The van der Waals surface area contributed by atoms with E-state index in [9.17, 15) is 24.3 Å². The van der Waals surface area contributed by atoms with Crippen LogP contribution in [0, 0.1) is 17.8 Å². The smallest absolute Gasteiger partial charge is 0.238 e. The first-order chi connectivity index (χ1) is 23.6. The highest BCUT2D eigenvalue weighted by molar-refractivity contribution is 6.25. The zero-order valence-electron chi connectivity index (χ0n) is 27.6. The minimum absolute atomic E-state index is 0.0358. The van der Waals surface area contributed by atoms with Gasteiger partial charge in [0.05, 0.1) is 28.9 Å². The summed E-state index contributed by atoms with van der Waals surface area (Å²) in [6, 6.07) is 19.9. The number of anilines is 2. The molecule has 3 aliphatic carbocycles. The number of phenolic OH excluding ortho intramolecular Hbond substituents is 1. The second-order valence-corrected chi connectivity index (χ2v) is 13.2. The summed E-state index contributed by atoms with van der Waals surface area (Å²) in [5.41, 5.74) is 5.73. The molecule has 0 saturated carbocycles. The van der Waals surface area contributed by atoms with Gasteiger partial charge in [0.25, 0.3) is 0 Å². The van der Waals surface area contributed by atoms with Crippen LogP contribution < -0.4 is 9.80 Å². The summed E-state index contributed by atoms with van der Waals surface area (Å²) in [6.45, 7) is 5.42. The van der Waals surface area contributed by atoms with Crippen molar-refractivity contribution in [2.45, 2.75) is 32.1 Å². The van der Waals surface area contributed by atoms with E-state index in [1.807, 2.05) is 55.4 Å². The molecule has 1 N–H and O–H groups in total. The number of allylic oxidation sites excluding steroid dienone is 7. The first-order valence-electron chi connectivity index (χ1n) is 16.4. The van der Waals surface area contributed by atoms with E-state index in [0.717, 1.165) is 11.3 Å². The van der Waals surface area contributed by atoms with Gasteiger partial charge in [-0.3, -0.25) is 24.1 Å². The van der Waals surface area contributed by atoms with Gasteiger partial charge in [0.15, 0.2) is 11.6 Å². The van der Waals surface area contributed by atoms with Crippen molar-refractivity contribution < 1.29 is 24.3 Å². The number of carbonyl (C=O) groups is 4. The number of carbonyl (C=O) groups excluding carboxylic acids is 4. The quantitative estimate of drug-likeness (QED) is 0.124. The molecular weight excluding hydrogens is 616 g/mol. The van der Waals surface area contributed by atoms with Crippen molar-refractivity contribution in [3.63, 3.8) is 0 Å². The van der Waals surface area contributed by atoms with E-state index < -0.39 is 23.7 Å². The van der Waals surface area contributed by atoms with Crippen LogP contribution in [0.15, 0.2) is 124 Å². The van der Waals surface area contributed by atoms with Crippen molar-refractivity contribution in [3.05, 3.63) is 125 Å². The Morgan fingerprint density at radius 1 is 0.918 bits per heavy atom. The Kier molecular flexibility index (Phi) is 8.06. The molecule has 0 spiro atoms. The Bertz CT molecular complexity index is 2050. The van der Waals surface area contributed by atoms with Crippen LogP contribution in [0.2, 0.25) is 0 Å². The molecule has 49 heavy (non-hydrogen) atoms. The van der Waals surface area contributed by atoms with Gasteiger partial charge in [-0.25, -0.2) is 0 Å². The number of hydrogen-bond acceptors (Lipinski definition) is 8. The fourth-order valence-corrected chi connectivity index (χ4v) is 7.74. The van der Waals surface area contributed by atoms with Gasteiger partial charge in [-0.15, -0.1) is 6.58 Å². The summed E-state index contributed by atoms with van der Waals surface area (Å²) in [7, 11) is 3.93. The van der Waals surface area contributed by atoms with Gasteiger partial charge < -0.3 is 10.0 Å². The van der Waals surface area contributed by atoms with Gasteiger partial charge in [0.1, 0.15) is 5.75 Å². The average molecular weight is 653 g/mol. The Morgan fingerprint density at radius 3 is 2.24 bits per heavy atom. The summed E-state index contributed by atoms with van der Waals surface area (Å²) in [6.07, 6.45) is 5.89. The minimum Gasteiger partial charge on any atom is -0.507 e. The lowest BCUT2D eigenvalue weighted by molar-refractivity contribution is -0.123. The highest BCUT2D eigenvalue weighted by atomic mass is 16.3. The van der Waals surface area contributed by atoms with Gasteiger partial charge in [-0.05, 0) is 92.3 Å². The number of para-hydroxylation sites is 1. The number of phenols is 1. The maximum Gasteiger partial charge on any atom is 0.238 e. The van der Waals surface area contributed by atoms with Gasteiger partial charge in [0.2, 0.25) is 11.8 Å². The normalized spacial score (nSPS) is 23.3. The van der Waals surface area contributed by atoms with Gasteiger partial charge >= 0.3 is 0 Å². The van der Waals surface area contributed by atoms with Crippen LogP contribution in [0.5, 0.6) is 5.75 Å². The van der Waals surface area contributed by atoms with Crippen LogP contribution >= 0.6 is 0 Å². The SMILES string of the molecule is C=CCc1cccc([C@H]2C3=CC[C@@H]4C(=O)N(c5ccc(N=Nc6ccc(N(C)C)cc6)cc5)C(=O)[C@@H]4[C@@H]3CC3=C2C(=O)C(C)=CC3=O)c1O. The molecule has 7 rings (SSSR count). The van der Waals surface area contributed by atoms with Crippen molar-refractivity contribution in [2.24, 2.45) is 28.0 Å². The number of aromatic hydroxyl groups is 1. The van der Waals surface area contributed by atoms with Crippen LogP contribution in [0.25, 0.3) is 0 Å². The minimum atomic E-state index is -0.722. The molecule has 1 aliphatic heterocycles. The third-order valence-corrected chi connectivity index (χ3v) is 10.1. The number of benzene rings is 3. The van der Waals surface area contributed by atoms with Gasteiger partial charge in [0, 0.05) is 48.0 Å². The largest absolute Gasteiger partial charge is 0.507 e. The molecule has 2 amide bonds. The fraction of sp³-hybridized carbons (Fsp3) is 0.250. The number of amides is 2. The van der Waals surface area contributed by atoms with Crippen LogP contribution in [-0.2, 0) is 25.6 Å². The summed E-state index contributed by atoms with van der Waals surface area (Å²) in [5, 5.41) is 20.1. The molecule has 246 valence electrons. The third kappa shape index (κ3) is 5.35. The van der Waals surface area contributed by atoms with Crippen LogP contribution in [-0.4, -0.2) is 42.6 Å². The van der Waals surface area contributed by atoms with Crippen LogP contribution in [0.1, 0.15) is 36.8 Å². The van der Waals surface area contributed by atoms with E-state index >= 15 is 0 Å². The molecule has 0 bridgehead atoms. The monoisotopic (exact) mass is 652 g/mol. The second-order valence-electron chi connectivity index (χ2n) is 13.2. The number of imide groups is 1. The summed E-state index contributed by atoms with van der Waals surface area (Å²) < 4.78 is 0. The molecule has 4 aliphatic rings. The molecule has 9 nitrogen and oxygen atoms in total. The zero-order chi connectivity index (χ0) is 34.6. The number of ketones is 2. The van der Waals surface area contributed by atoms with Crippen molar-refractivity contribution in [1.29, 1.82) is 0 Å². The van der Waals surface area contributed by atoms with Gasteiger partial charge in [-0.1, -0.05) is 35.9 Å². The maximum absolute atomic E-state index is 14.3. The summed E-state index contributed by atoms with van der Waals surface area (Å²) in [4.78, 5) is 58.6. The molecule has 0 radical (unpaired) electrons. The Labute approximate surface area is 284 Å². The van der Waals surface area contributed by atoms with E-state index in [4.69, 9.17) is 0 Å². The van der Waals surface area contributed by atoms with E-state index in [1.54, 1.807) is 49.4 Å². The second kappa shape index (κ2) is 12.4. The summed E-state index contributed by atoms with van der Waals surface area (Å²) in [5.74, 6) is -3.66. The molecule has 1 saturated heterocycles. The standard InChI is InChI=1S/C40H36N4O5/c1-5-7-23-8-6-9-29(38(23)47)34-28-18-19-30-35(31(28)21-32-33(45)20-22(2)37(46)36(32)34)40(49)44(39(30)48)27-16-12-25(13-17-27)42-41-24-10-14-26(15-11-24)43(3)4/h5-6,8-18,20,30-31,34-35,47H,1,7,19,21H2,2-4H3/t30-,31+,34+,35-/m0/s1. The first-order valence-corrected chi connectivity index (χ1v) is 16.4. The highest BCUT2D eigenvalue weighted by Crippen LogP contribution is 2.56. The number of Topliss-reactive ketones (excluding diaryl/α,β-unsaturated/α-hetero) is 1. The number of fused-ring (bicyclic) bond motifs is 3. The molecule has 0 unspecified atom stereocenters. The van der Waals surface area contributed by atoms with E-state index in [2.05, 4.69) is 16.8 Å². The molecule has 1 heterocycles. The van der Waals surface area contributed by atoms with Crippen LogP contribution in [0.4, 0.5) is 22.7 Å². The predicted octanol–water partition coefficient (Wildman–Crippen LogP) is 7.24. The number of rotatable bonds is 7. The van der Waals surface area contributed by atoms with Crippen molar-refractivity contribution >= 4 is 46.1 Å². The highest BCUT2D eigenvalue weighted by Gasteiger charge is 2.56. The van der Waals surface area contributed by atoms with Crippen molar-refractivity contribution in [3.8, 4) is 5.75 Å². The summed E-state index contributed by atoms with van der Waals surface area (Å²) >= 11 is 0. The number of azo groups is 1. The Balaban J connectivity index is 1.21. The molecule has 4 atom stereocenters.